The number of ether oxygens (including phenoxy) is 1. The molecule has 3 aliphatic carbocycles. The second-order valence-corrected chi connectivity index (χ2v) is 5.93. The highest BCUT2D eigenvalue weighted by molar-refractivity contribution is 5.56. The van der Waals surface area contributed by atoms with Crippen LogP contribution in [0.3, 0.4) is 0 Å². The number of hydrogen-bond acceptors (Lipinski definition) is 2. The predicted molar refractivity (Wildman–Crippen MR) is 75.4 cm³/mol. The minimum absolute atomic E-state index is 0.0852. The van der Waals surface area contributed by atoms with Crippen LogP contribution in [0.5, 0.6) is 0 Å². The molecule has 0 N–H and O–H groups in total. The summed E-state index contributed by atoms with van der Waals surface area (Å²) in [5.74, 6) is 0.613. The minimum atomic E-state index is 0.0852. The summed E-state index contributed by atoms with van der Waals surface area (Å²) in [6.07, 6.45) is 11.0. The van der Waals surface area contributed by atoms with Gasteiger partial charge in [-0.15, -0.1) is 0 Å². The van der Waals surface area contributed by atoms with Crippen molar-refractivity contribution in [2.75, 3.05) is 7.11 Å². The predicted octanol–water partition coefficient (Wildman–Crippen LogP) is 4.06. The van der Waals surface area contributed by atoms with E-state index in [2.05, 4.69) is 12.1 Å². The van der Waals surface area contributed by atoms with Crippen molar-refractivity contribution in [1.29, 1.82) is 5.26 Å². The summed E-state index contributed by atoms with van der Waals surface area (Å²) in [7, 11) is 1.87. The van der Waals surface area contributed by atoms with Gasteiger partial charge in [-0.2, -0.15) is 5.26 Å². The second-order valence-electron chi connectivity index (χ2n) is 5.93. The molecule has 0 aromatic heterocycles. The van der Waals surface area contributed by atoms with Gasteiger partial charge in [0.05, 0.1) is 17.2 Å². The molecule has 19 heavy (non-hydrogen) atoms. The molecule has 0 aromatic rings. The average molecular weight is 255 g/mol. The van der Waals surface area contributed by atoms with Crippen LogP contribution in [0.1, 0.15) is 45.4 Å². The van der Waals surface area contributed by atoms with Crippen molar-refractivity contribution in [1.82, 2.24) is 0 Å². The van der Waals surface area contributed by atoms with Crippen LogP contribution in [0.4, 0.5) is 0 Å². The first kappa shape index (κ1) is 12.7. The lowest BCUT2D eigenvalue weighted by atomic mass is 9.81. The zero-order chi connectivity index (χ0) is 13.5. The van der Waals surface area contributed by atoms with E-state index in [1.165, 1.54) is 17.6 Å². The van der Waals surface area contributed by atoms with Crippen LogP contribution in [0, 0.1) is 17.2 Å². The lowest BCUT2D eigenvalue weighted by molar-refractivity contribution is -0.0512. The SMILES string of the molecule is CC=C(C#N)C1=CCC2CCC1=C1CCC2(OC)C1. The lowest BCUT2D eigenvalue weighted by Crippen LogP contribution is -2.36. The lowest BCUT2D eigenvalue weighted by Gasteiger charge is -2.35. The van der Waals surface area contributed by atoms with Crippen molar-refractivity contribution < 1.29 is 4.74 Å². The molecule has 1 saturated carbocycles. The molecule has 2 nitrogen and oxygen atoms in total. The summed E-state index contributed by atoms with van der Waals surface area (Å²) in [6.45, 7) is 1.96. The van der Waals surface area contributed by atoms with Gasteiger partial charge in [0.25, 0.3) is 0 Å². The molecule has 0 radical (unpaired) electrons. The Hall–Kier alpha value is -1.33. The Labute approximate surface area is 115 Å². The zero-order valence-electron chi connectivity index (χ0n) is 11.8. The fraction of sp³-hybridized carbons (Fsp3) is 0.588. The molecule has 2 heteroatoms. The largest absolute Gasteiger partial charge is 0.378 e. The van der Waals surface area contributed by atoms with Gasteiger partial charge in [0.2, 0.25) is 0 Å². The number of rotatable bonds is 2. The third kappa shape index (κ3) is 1.80. The van der Waals surface area contributed by atoms with E-state index in [9.17, 15) is 5.26 Å². The summed E-state index contributed by atoms with van der Waals surface area (Å²) in [4.78, 5) is 0. The number of nitriles is 1. The molecule has 100 valence electrons. The molecule has 0 saturated heterocycles. The van der Waals surface area contributed by atoms with Gasteiger partial charge in [-0.3, -0.25) is 0 Å². The van der Waals surface area contributed by atoms with Crippen molar-refractivity contribution in [2.24, 2.45) is 5.92 Å². The van der Waals surface area contributed by atoms with Crippen LogP contribution in [0.25, 0.3) is 0 Å². The Morgan fingerprint density at radius 3 is 3.05 bits per heavy atom. The van der Waals surface area contributed by atoms with E-state index in [0.29, 0.717) is 5.92 Å². The van der Waals surface area contributed by atoms with Gasteiger partial charge >= 0.3 is 0 Å². The second kappa shape index (κ2) is 4.65. The van der Waals surface area contributed by atoms with E-state index in [-0.39, 0.29) is 5.60 Å². The van der Waals surface area contributed by atoms with Gasteiger partial charge in [-0.05, 0) is 62.5 Å². The zero-order valence-corrected chi connectivity index (χ0v) is 11.8. The van der Waals surface area contributed by atoms with Crippen molar-refractivity contribution in [3.63, 3.8) is 0 Å². The summed E-state index contributed by atoms with van der Waals surface area (Å²) < 4.78 is 5.94. The highest BCUT2D eigenvalue weighted by atomic mass is 16.5. The van der Waals surface area contributed by atoms with Crippen LogP contribution in [-0.2, 0) is 4.74 Å². The van der Waals surface area contributed by atoms with Gasteiger partial charge in [-0.25, -0.2) is 0 Å². The first-order chi connectivity index (χ1) is 9.24. The van der Waals surface area contributed by atoms with Crippen LogP contribution in [-0.4, -0.2) is 12.7 Å². The average Bonchev–Trinajstić information content (AvgIpc) is 2.68. The van der Waals surface area contributed by atoms with Crippen LogP contribution in [0.2, 0.25) is 0 Å². The van der Waals surface area contributed by atoms with E-state index < -0.39 is 0 Å². The first-order valence-corrected chi connectivity index (χ1v) is 7.27. The van der Waals surface area contributed by atoms with E-state index in [1.807, 2.05) is 20.1 Å². The standard InChI is InChI=1S/C17H21NO/c1-3-12(11-18)15-6-4-14-5-7-16(15)13-8-9-17(14,10-13)19-2/h3,6,14H,4-5,7-10H2,1-2H3. The first-order valence-electron chi connectivity index (χ1n) is 7.27. The Kier molecular flexibility index (Phi) is 3.11. The molecule has 0 aliphatic heterocycles. The molecule has 2 atom stereocenters. The third-order valence-corrected chi connectivity index (χ3v) is 5.31. The van der Waals surface area contributed by atoms with Crippen LogP contribution in [0.15, 0.2) is 34.4 Å². The fourth-order valence-electron chi connectivity index (χ4n) is 4.20. The van der Waals surface area contributed by atoms with Crippen molar-refractivity contribution in [3.8, 4) is 6.07 Å². The molecular formula is C17H21NO. The van der Waals surface area contributed by atoms with Gasteiger partial charge in [0.1, 0.15) is 0 Å². The maximum atomic E-state index is 9.33. The van der Waals surface area contributed by atoms with Crippen molar-refractivity contribution in [3.05, 3.63) is 34.4 Å². The normalized spacial score (nSPS) is 33.8. The topological polar surface area (TPSA) is 33.0 Å². The summed E-state index contributed by atoms with van der Waals surface area (Å²) in [6, 6.07) is 2.36. The number of nitrogens with zero attached hydrogens (tertiary/aromatic N) is 1. The molecule has 2 unspecified atom stereocenters. The van der Waals surface area contributed by atoms with Gasteiger partial charge < -0.3 is 4.74 Å². The molecule has 3 rings (SSSR count). The Balaban J connectivity index is 2.10. The highest BCUT2D eigenvalue weighted by Crippen LogP contribution is 2.53. The quantitative estimate of drug-likeness (QED) is 0.697. The monoisotopic (exact) mass is 255 g/mol. The minimum Gasteiger partial charge on any atom is -0.378 e. The van der Waals surface area contributed by atoms with Crippen LogP contribution < -0.4 is 0 Å². The van der Waals surface area contributed by atoms with Crippen LogP contribution >= 0.6 is 0 Å². The van der Waals surface area contributed by atoms with Gasteiger partial charge in [0.15, 0.2) is 0 Å². The number of allylic oxidation sites excluding steroid dienone is 5. The van der Waals surface area contributed by atoms with E-state index in [4.69, 9.17) is 4.74 Å². The molecule has 0 spiro atoms. The van der Waals surface area contributed by atoms with Gasteiger partial charge in [0, 0.05) is 7.11 Å². The molecule has 0 aromatic carbocycles. The van der Waals surface area contributed by atoms with Crippen molar-refractivity contribution >= 4 is 0 Å². The number of methoxy groups -OCH3 is 1. The number of hydrogen-bond donors (Lipinski definition) is 0. The summed E-state index contributed by atoms with van der Waals surface area (Å²) in [5.41, 5.74) is 5.15. The molecule has 0 heterocycles. The molecular weight excluding hydrogens is 234 g/mol. The summed E-state index contributed by atoms with van der Waals surface area (Å²) in [5, 5.41) is 9.33. The smallest absolute Gasteiger partial charge is 0.0994 e. The summed E-state index contributed by atoms with van der Waals surface area (Å²) >= 11 is 0. The van der Waals surface area contributed by atoms with E-state index in [0.717, 1.165) is 37.7 Å². The molecule has 4 bridgehead atoms. The highest BCUT2D eigenvalue weighted by Gasteiger charge is 2.46. The maximum Gasteiger partial charge on any atom is 0.0994 e. The Morgan fingerprint density at radius 2 is 2.37 bits per heavy atom. The molecule has 0 amide bonds. The van der Waals surface area contributed by atoms with E-state index in [1.54, 1.807) is 5.57 Å². The Bertz CT molecular complexity index is 532. The fourth-order valence-corrected chi connectivity index (χ4v) is 4.20. The number of fused-ring (bicyclic) bond motifs is 6. The van der Waals surface area contributed by atoms with Gasteiger partial charge in [-0.1, -0.05) is 17.7 Å². The maximum absolute atomic E-state index is 9.33. The Morgan fingerprint density at radius 1 is 1.53 bits per heavy atom. The third-order valence-electron chi connectivity index (χ3n) is 5.31. The molecule has 1 fully saturated rings. The van der Waals surface area contributed by atoms with E-state index >= 15 is 0 Å². The van der Waals surface area contributed by atoms with Crippen molar-refractivity contribution in [2.45, 2.75) is 51.0 Å². The molecule has 3 aliphatic rings.